The highest BCUT2D eigenvalue weighted by atomic mass is 16.7. The Balaban J connectivity index is 1.72. The Morgan fingerprint density at radius 3 is 1.96 bits per heavy atom. The number of methoxy groups -OCH3 is 2. The van der Waals surface area contributed by atoms with Gasteiger partial charge in [0.1, 0.15) is 6.04 Å². The number of carbonyl (C=O) groups excluding carboxylic acids is 3. The number of fused-ring (bicyclic) bond motifs is 1. The fourth-order valence-electron chi connectivity index (χ4n) is 3.49. The van der Waals surface area contributed by atoms with Crippen LogP contribution in [0.1, 0.15) is 40.5 Å². The molecule has 25 heavy (non-hydrogen) atoms. The van der Waals surface area contributed by atoms with Crippen molar-refractivity contribution in [3.8, 4) is 0 Å². The first-order valence-corrected chi connectivity index (χ1v) is 8.30. The quantitative estimate of drug-likeness (QED) is 0.606. The van der Waals surface area contributed by atoms with Crippen LogP contribution in [-0.2, 0) is 14.3 Å². The van der Waals surface area contributed by atoms with Gasteiger partial charge in [0.05, 0.1) is 11.1 Å². The monoisotopic (exact) mass is 346 g/mol. The topological polar surface area (TPSA) is 76.2 Å². The minimum Gasteiger partial charge on any atom is -0.353 e. The number of benzene rings is 1. The molecule has 0 radical (unpaired) electrons. The molecule has 2 aliphatic heterocycles. The van der Waals surface area contributed by atoms with E-state index in [-0.39, 0.29) is 5.91 Å². The van der Waals surface area contributed by atoms with Gasteiger partial charge in [-0.2, -0.15) is 0 Å². The Hall–Kier alpha value is -2.25. The molecule has 1 fully saturated rings. The lowest BCUT2D eigenvalue weighted by Crippen LogP contribution is -2.54. The zero-order valence-electron chi connectivity index (χ0n) is 14.7. The van der Waals surface area contributed by atoms with Crippen LogP contribution in [0.25, 0.3) is 0 Å². The zero-order valence-corrected chi connectivity index (χ0v) is 14.7. The Morgan fingerprint density at radius 1 is 1.04 bits per heavy atom. The summed E-state index contributed by atoms with van der Waals surface area (Å²) in [4.78, 5) is 40.6. The van der Waals surface area contributed by atoms with Crippen LogP contribution in [0.4, 0.5) is 0 Å². The summed E-state index contributed by atoms with van der Waals surface area (Å²) < 4.78 is 10.8. The third-order valence-corrected chi connectivity index (χ3v) is 5.15. The maximum atomic E-state index is 12.8. The minimum atomic E-state index is -0.843. The highest BCUT2D eigenvalue weighted by Crippen LogP contribution is 2.29. The summed E-state index contributed by atoms with van der Waals surface area (Å²) >= 11 is 0. The molecule has 0 spiro atoms. The van der Waals surface area contributed by atoms with Gasteiger partial charge in [-0.3, -0.25) is 19.3 Å². The molecular weight excluding hydrogens is 324 g/mol. The fourth-order valence-corrected chi connectivity index (χ4v) is 3.49. The average Bonchev–Trinajstić information content (AvgIpc) is 2.91. The van der Waals surface area contributed by atoms with E-state index in [1.54, 1.807) is 50.3 Å². The van der Waals surface area contributed by atoms with Gasteiger partial charge in [0.15, 0.2) is 5.79 Å². The number of likely N-dealkylation sites (tertiary alicyclic amines) is 1. The molecule has 2 heterocycles. The molecule has 1 unspecified atom stereocenters. The molecule has 2 aliphatic rings. The van der Waals surface area contributed by atoms with Crippen molar-refractivity contribution in [1.82, 2.24) is 9.80 Å². The fraction of sp³-hybridized carbons (Fsp3) is 0.500. The van der Waals surface area contributed by atoms with Gasteiger partial charge in [-0.25, -0.2) is 0 Å². The number of hydrogen-bond donors (Lipinski definition) is 0. The molecule has 134 valence electrons. The van der Waals surface area contributed by atoms with Crippen molar-refractivity contribution in [1.29, 1.82) is 0 Å². The second-order valence-electron chi connectivity index (χ2n) is 6.35. The number of nitrogens with zero attached hydrogens (tertiary/aromatic N) is 2. The van der Waals surface area contributed by atoms with Crippen molar-refractivity contribution in [2.24, 2.45) is 0 Å². The van der Waals surface area contributed by atoms with Crippen molar-refractivity contribution in [2.45, 2.75) is 31.6 Å². The van der Waals surface area contributed by atoms with Crippen LogP contribution in [0.15, 0.2) is 24.3 Å². The Labute approximate surface area is 146 Å². The number of amides is 3. The molecular formula is C18H22N2O5. The molecule has 0 bridgehead atoms. The standard InChI is InChI=1S/C18H22N2O5/c1-12(15(21)19-10-8-18(24-2,25-3)9-11-19)20-16(22)13-6-4-5-7-14(13)17(20)23/h4-7,12H,8-11H2,1-3H3. The molecule has 1 atom stereocenters. The predicted molar refractivity (Wildman–Crippen MR) is 89.0 cm³/mol. The molecule has 1 aromatic rings. The smallest absolute Gasteiger partial charge is 0.262 e. The second-order valence-corrected chi connectivity index (χ2v) is 6.35. The summed E-state index contributed by atoms with van der Waals surface area (Å²) in [7, 11) is 3.17. The number of ether oxygens (including phenoxy) is 2. The van der Waals surface area contributed by atoms with Gasteiger partial charge in [-0.15, -0.1) is 0 Å². The van der Waals surface area contributed by atoms with E-state index in [1.165, 1.54) is 0 Å². The van der Waals surface area contributed by atoms with Gasteiger partial charge >= 0.3 is 0 Å². The van der Waals surface area contributed by atoms with Crippen LogP contribution >= 0.6 is 0 Å². The Kier molecular flexibility index (Phi) is 4.62. The first-order chi connectivity index (χ1) is 11.9. The van der Waals surface area contributed by atoms with E-state index in [0.29, 0.717) is 37.1 Å². The number of rotatable bonds is 4. The van der Waals surface area contributed by atoms with Crippen molar-refractivity contribution >= 4 is 17.7 Å². The van der Waals surface area contributed by atoms with E-state index in [1.807, 2.05) is 0 Å². The van der Waals surface area contributed by atoms with Gasteiger partial charge in [-0.1, -0.05) is 12.1 Å². The van der Waals surface area contributed by atoms with Gasteiger partial charge in [0.2, 0.25) is 5.91 Å². The van der Waals surface area contributed by atoms with Gasteiger partial charge in [0, 0.05) is 40.2 Å². The van der Waals surface area contributed by atoms with Crippen molar-refractivity contribution in [3.05, 3.63) is 35.4 Å². The summed E-state index contributed by atoms with van der Waals surface area (Å²) in [5.41, 5.74) is 0.701. The molecule has 7 nitrogen and oxygen atoms in total. The SMILES string of the molecule is COC1(OC)CCN(C(=O)C(C)N2C(=O)c3ccccc3C2=O)CC1. The molecule has 0 aliphatic carbocycles. The van der Waals surface area contributed by atoms with Crippen LogP contribution in [0.2, 0.25) is 0 Å². The number of carbonyl (C=O) groups is 3. The van der Waals surface area contributed by atoms with E-state index in [0.717, 1.165) is 4.90 Å². The molecule has 7 heteroatoms. The molecule has 0 aromatic heterocycles. The van der Waals surface area contributed by atoms with E-state index in [2.05, 4.69) is 0 Å². The normalized spacial score (nSPS) is 20.6. The third kappa shape index (κ3) is 2.83. The Bertz CT molecular complexity index is 668. The molecule has 1 aromatic carbocycles. The maximum absolute atomic E-state index is 12.8. The van der Waals surface area contributed by atoms with Crippen LogP contribution in [0, 0.1) is 0 Å². The van der Waals surface area contributed by atoms with E-state index < -0.39 is 23.6 Å². The number of imide groups is 1. The molecule has 3 amide bonds. The summed E-state index contributed by atoms with van der Waals surface area (Å²) in [5, 5.41) is 0. The first-order valence-electron chi connectivity index (χ1n) is 8.30. The summed E-state index contributed by atoms with van der Waals surface area (Å²) in [5.74, 6) is -1.74. The molecule has 0 saturated carbocycles. The van der Waals surface area contributed by atoms with Crippen LogP contribution < -0.4 is 0 Å². The van der Waals surface area contributed by atoms with Crippen molar-refractivity contribution in [3.63, 3.8) is 0 Å². The largest absolute Gasteiger partial charge is 0.353 e. The average molecular weight is 346 g/mol. The lowest BCUT2D eigenvalue weighted by molar-refractivity contribution is -0.229. The lowest BCUT2D eigenvalue weighted by Gasteiger charge is -2.40. The summed E-state index contributed by atoms with van der Waals surface area (Å²) in [6.07, 6.45) is 1.08. The molecule has 1 saturated heterocycles. The predicted octanol–water partition coefficient (Wildman–Crippen LogP) is 1.28. The van der Waals surface area contributed by atoms with Crippen molar-refractivity contribution in [2.75, 3.05) is 27.3 Å². The van der Waals surface area contributed by atoms with Crippen LogP contribution in [0.5, 0.6) is 0 Å². The van der Waals surface area contributed by atoms with Crippen LogP contribution in [-0.4, -0.2) is 66.7 Å². The number of hydrogen-bond acceptors (Lipinski definition) is 5. The molecule has 0 N–H and O–H groups in total. The third-order valence-electron chi connectivity index (χ3n) is 5.15. The first kappa shape index (κ1) is 17.6. The molecule has 3 rings (SSSR count). The summed E-state index contributed by atoms with van der Waals surface area (Å²) in [6.45, 7) is 2.50. The number of piperidine rings is 1. The second kappa shape index (κ2) is 6.57. The van der Waals surface area contributed by atoms with Crippen molar-refractivity contribution < 1.29 is 23.9 Å². The van der Waals surface area contributed by atoms with Gasteiger partial charge in [0.25, 0.3) is 11.8 Å². The van der Waals surface area contributed by atoms with Gasteiger partial charge < -0.3 is 14.4 Å². The van der Waals surface area contributed by atoms with E-state index in [4.69, 9.17) is 9.47 Å². The van der Waals surface area contributed by atoms with E-state index in [9.17, 15) is 14.4 Å². The van der Waals surface area contributed by atoms with E-state index >= 15 is 0 Å². The maximum Gasteiger partial charge on any atom is 0.262 e. The van der Waals surface area contributed by atoms with Crippen LogP contribution in [0.3, 0.4) is 0 Å². The summed E-state index contributed by atoms with van der Waals surface area (Å²) in [6, 6.07) is 5.79. The highest BCUT2D eigenvalue weighted by Gasteiger charge is 2.43. The minimum absolute atomic E-state index is 0.240. The highest BCUT2D eigenvalue weighted by molar-refractivity contribution is 6.22. The zero-order chi connectivity index (χ0) is 18.2. The Morgan fingerprint density at radius 2 is 1.52 bits per heavy atom. The van der Waals surface area contributed by atoms with Gasteiger partial charge in [-0.05, 0) is 19.1 Å². The lowest BCUT2D eigenvalue weighted by atomic mass is 10.0.